The summed E-state index contributed by atoms with van der Waals surface area (Å²) in [4.78, 5) is 28.9. The average Bonchev–Trinajstić information content (AvgIpc) is 3.31. The van der Waals surface area contributed by atoms with Gasteiger partial charge in [0.25, 0.3) is 11.8 Å². The van der Waals surface area contributed by atoms with E-state index in [1.54, 1.807) is 11.6 Å². The minimum absolute atomic E-state index is 0.195. The average molecular weight is 370 g/mol. The second-order valence-corrected chi connectivity index (χ2v) is 6.62. The molecule has 0 aliphatic rings. The molecular weight excluding hydrogens is 352 g/mol. The highest BCUT2D eigenvalue weighted by Crippen LogP contribution is 2.19. The Balaban J connectivity index is 1.41. The van der Waals surface area contributed by atoms with E-state index in [4.69, 9.17) is 4.52 Å². The summed E-state index contributed by atoms with van der Waals surface area (Å²) in [6.07, 6.45) is 0.601. The first-order valence-corrected chi connectivity index (χ1v) is 9.01. The summed E-state index contributed by atoms with van der Waals surface area (Å²) < 4.78 is 5.21. The van der Waals surface area contributed by atoms with Crippen molar-refractivity contribution >= 4 is 23.2 Å². The van der Waals surface area contributed by atoms with Crippen LogP contribution in [0.1, 0.15) is 32.3 Å². The number of hydrogen-bond donors (Lipinski definition) is 2. The van der Waals surface area contributed by atoms with Gasteiger partial charge >= 0.3 is 0 Å². The minimum Gasteiger partial charge on any atom is -0.355 e. The van der Waals surface area contributed by atoms with E-state index >= 15 is 0 Å². The zero-order valence-electron chi connectivity index (χ0n) is 14.2. The van der Waals surface area contributed by atoms with Crippen LogP contribution in [0.2, 0.25) is 0 Å². The van der Waals surface area contributed by atoms with Crippen molar-refractivity contribution in [2.24, 2.45) is 0 Å². The van der Waals surface area contributed by atoms with E-state index < -0.39 is 0 Å². The molecule has 2 N–H and O–H groups in total. The summed E-state index contributed by atoms with van der Waals surface area (Å²) in [5.74, 6) is 0.0401. The van der Waals surface area contributed by atoms with Crippen molar-refractivity contribution in [2.45, 2.75) is 13.3 Å². The van der Waals surface area contributed by atoms with Crippen LogP contribution < -0.4 is 10.6 Å². The molecule has 1 aromatic carbocycles. The van der Waals surface area contributed by atoms with Crippen LogP contribution in [-0.2, 0) is 0 Å². The van der Waals surface area contributed by atoms with Crippen LogP contribution in [-0.4, -0.2) is 35.0 Å². The zero-order valence-corrected chi connectivity index (χ0v) is 15.0. The Hall–Kier alpha value is -3.00. The third-order valence-corrected chi connectivity index (χ3v) is 4.44. The first-order valence-electron chi connectivity index (χ1n) is 8.14. The van der Waals surface area contributed by atoms with Gasteiger partial charge in [-0.3, -0.25) is 9.59 Å². The number of nitrogens with one attached hydrogen (secondary N) is 2. The van der Waals surface area contributed by atoms with E-state index in [1.807, 2.05) is 37.3 Å². The maximum Gasteiger partial charge on any atom is 0.273 e. The van der Waals surface area contributed by atoms with Crippen molar-refractivity contribution in [2.75, 3.05) is 13.1 Å². The molecule has 2 heterocycles. The topological polar surface area (TPSA) is 97.1 Å². The molecule has 0 bridgehead atoms. The molecule has 0 saturated heterocycles. The van der Waals surface area contributed by atoms with Gasteiger partial charge in [-0.25, -0.2) is 4.98 Å². The monoisotopic (exact) mass is 370 g/mol. The maximum absolute atomic E-state index is 12.1. The summed E-state index contributed by atoms with van der Waals surface area (Å²) in [6, 6.07) is 11.1. The lowest BCUT2D eigenvalue weighted by molar-refractivity contribution is 0.0944. The normalized spacial score (nSPS) is 10.5. The highest BCUT2D eigenvalue weighted by Gasteiger charge is 2.14. The Bertz CT molecular complexity index is 889. The summed E-state index contributed by atoms with van der Waals surface area (Å²) in [5, 5.41) is 9.34. The maximum atomic E-state index is 12.1. The molecule has 0 aliphatic heterocycles. The van der Waals surface area contributed by atoms with Crippen LogP contribution in [0.15, 0.2) is 46.4 Å². The van der Waals surface area contributed by atoms with Crippen LogP contribution in [0.3, 0.4) is 0 Å². The van der Waals surface area contributed by atoms with Gasteiger partial charge in [0.2, 0.25) is 0 Å². The smallest absolute Gasteiger partial charge is 0.273 e. The Morgan fingerprint density at radius 1 is 1.12 bits per heavy atom. The molecule has 0 spiro atoms. The predicted octanol–water partition coefficient (Wildman–Crippen LogP) is 2.66. The number of benzene rings is 1. The predicted molar refractivity (Wildman–Crippen MR) is 98.1 cm³/mol. The highest BCUT2D eigenvalue weighted by atomic mass is 32.1. The zero-order chi connectivity index (χ0) is 18.4. The quantitative estimate of drug-likeness (QED) is 0.623. The Kier molecular flexibility index (Phi) is 5.75. The lowest BCUT2D eigenvalue weighted by Crippen LogP contribution is -2.30. The highest BCUT2D eigenvalue weighted by molar-refractivity contribution is 7.09. The van der Waals surface area contributed by atoms with Gasteiger partial charge in [0.1, 0.15) is 5.69 Å². The molecule has 134 valence electrons. The molecule has 7 nitrogen and oxygen atoms in total. The summed E-state index contributed by atoms with van der Waals surface area (Å²) in [6.45, 7) is 2.72. The van der Waals surface area contributed by atoms with Crippen LogP contribution in [0.25, 0.3) is 11.3 Å². The minimum atomic E-state index is -0.308. The largest absolute Gasteiger partial charge is 0.355 e. The van der Waals surface area contributed by atoms with Gasteiger partial charge in [-0.1, -0.05) is 35.5 Å². The van der Waals surface area contributed by atoms with Crippen LogP contribution >= 0.6 is 11.3 Å². The molecule has 0 unspecified atom stereocenters. The van der Waals surface area contributed by atoms with Crippen molar-refractivity contribution in [1.82, 2.24) is 20.8 Å². The van der Waals surface area contributed by atoms with E-state index in [1.165, 1.54) is 11.3 Å². The van der Waals surface area contributed by atoms with Crippen molar-refractivity contribution in [1.29, 1.82) is 0 Å². The van der Waals surface area contributed by atoms with E-state index in [9.17, 15) is 9.59 Å². The van der Waals surface area contributed by atoms with E-state index in [2.05, 4.69) is 20.8 Å². The fourth-order valence-corrected chi connectivity index (χ4v) is 2.88. The first kappa shape index (κ1) is 17.8. The number of nitrogens with zero attached hydrogens (tertiary/aromatic N) is 2. The van der Waals surface area contributed by atoms with E-state index in [-0.39, 0.29) is 17.5 Å². The standard InChI is InChI=1S/C18H18N4O3S/c1-12-16(21-11-26-12)18(24)20-9-5-8-19-17(23)14-10-15(25-22-14)13-6-3-2-4-7-13/h2-4,6-7,10-11H,5,8-9H2,1H3,(H,19,23)(H,20,24). The molecule has 2 amide bonds. The molecule has 0 radical (unpaired) electrons. The van der Waals surface area contributed by atoms with Crippen molar-refractivity contribution < 1.29 is 14.1 Å². The summed E-state index contributed by atoms with van der Waals surface area (Å²) in [7, 11) is 0. The summed E-state index contributed by atoms with van der Waals surface area (Å²) >= 11 is 1.43. The number of thiazole rings is 1. The van der Waals surface area contributed by atoms with Crippen LogP contribution in [0.5, 0.6) is 0 Å². The molecule has 3 aromatic rings. The van der Waals surface area contributed by atoms with Gasteiger partial charge in [0, 0.05) is 29.6 Å². The second-order valence-electron chi connectivity index (χ2n) is 5.56. The van der Waals surface area contributed by atoms with E-state index in [0.29, 0.717) is 31.0 Å². The lowest BCUT2D eigenvalue weighted by atomic mass is 10.1. The SMILES string of the molecule is Cc1scnc1C(=O)NCCCNC(=O)c1cc(-c2ccccc2)on1. The number of aryl methyl sites for hydroxylation is 1. The third-order valence-electron chi connectivity index (χ3n) is 3.69. The molecule has 26 heavy (non-hydrogen) atoms. The van der Waals surface area contributed by atoms with E-state index in [0.717, 1.165) is 10.4 Å². The van der Waals surface area contributed by atoms with Gasteiger partial charge in [-0.15, -0.1) is 11.3 Å². The molecule has 2 aromatic heterocycles. The van der Waals surface area contributed by atoms with Gasteiger partial charge in [0.15, 0.2) is 11.5 Å². The molecule has 0 aliphatic carbocycles. The van der Waals surface area contributed by atoms with Gasteiger partial charge < -0.3 is 15.2 Å². The number of aromatic nitrogens is 2. The second kappa shape index (κ2) is 8.39. The number of carbonyl (C=O) groups excluding carboxylic acids is 2. The molecule has 3 rings (SSSR count). The molecule has 0 atom stereocenters. The fourth-order valence-electron chi connectivity index (χ4n) is 2.31. The van der Waals surface area contributed by atoms with Gasteiger partial charge in [0.05, 0.1) is 5.51 Å². The molecule has 0 saturated carbocycles. The van der Waals surface area contributed by atoms with Crippen molar-refractivity contribution in [3.63, 3.8) is 0 Å². The van der Waals surface area contributed by atoms with Crippen molar-refractivity contribution in [3.8, 4) is 11.3 Å². The lowest BCUT2D eigenvalue weighted by Gasteiger charge is -2.05. The Morgan fingerprint density at radius 2 is 1.85 bits per heavy atom. The number of hydrogen-bond acceptors (Lipinski definition) is 6. The third kappa shape index (κ3) is 4.34. The van der Waals surface area contributed by atoms with Crippen LogP contribution in [0.4, 0.5) is 0 Å². The number of amides is 2. The fraction of sp³-hybridized carbons (Fsp3) is 0.222. The number of carbonyl (C=O) groups is 2. The van der Waals surface area contributed by atoms with Gasteiger partial charge in [-0.2, -0.15) is 0 Å². The number of rotatable bonds is 7. The first-order chi connectivity index (χ1) is 12.6. The molecular formula is C18H18N4O3S. The van der Waals surface area contributed by atoms with Crippen molar-refractivity contribution in [3.05, 3.63) is 58.2 Å². The summed E-state index contributed by atoms with van der Waals surface area (Å²) in [5.41, 5.74) is 3.19. The Labute approximate surface area is 154 Å². The Morgan fingerprint density at radius 3 is 2.54 bits per heavy atom. The molecule has 8 heteroatoms. The van der Waals surface area contributed by atoms with Gasteiger partial charge in [-0.05, 0) is 13.3 Å². The molecule has 0 fully saturated rings. The van der Waals surface area contributed by atoms with Crippen LogP contribution in [0, 0.1) is 6.92 Å².